The van der Waals surface area contributed by atoms with E-state index in [1.807, 2.05) is 11.2 Å². The first kappa shape index (κ1) is 17.6. The molecule has 0 spiro atoms. The predicted molar refractivity (Wildman–Crippen MR) is 107 cm³/mol. The van der Waals surface area contributed by atoms with Gasteiger partial charge >= 0.3 is 6.03 Å². The molecule has 3 heterocycles. The van der Waals surface area contributed by atoms with Crippen LogP contribution in [0.4, 0.5) is 4.79 Å². The average Bonchev–Trinajstić information content (AvgIpc) is 3.08. The van der Waals surface area contributed by atoms with Crippen molar-refractivity contribution in [2.24, 2.45) is 9.98 Å². The molecule has 7 heteroatoms. The number of amidine groups is 1. The van der Waals surface area contributed by atoms with Gasteiger partial charge in [0.25, 0.3) is 0 Å². The highest BCUT2D eigenvalue weighted by Crippen LogP contribution is 2.19. The molecule has 1 atom stereocenters. The maximum Gasteiger partial charge on any atom is 0.317 e. The van der Waals surface area contributed by atoms with E-state index in [1.165, 1.54) is 5.56 Å². The summed E-state index contributed by atoms with van der Waals surface area (Å²) in [4.78, 5) is 27.8. The van der Waals surface area contributed by atoms with Crippen molar-refractivity contribution in [2.75, 3.05) is 32.7 Å². The highest BCUT2D eigenvalue weighted by Gasteiger charge is 2.27. The summed E-state index contributed by atoms with van der Waals surface area (Å²) in [6.07, 6.45) is 3.93. The summed E-state index contributed by atoms with van der Waals surface area (Å²) in [6, 6.07) is 8.62. The van der Waals surface area contributed by atoms with Crippen molar-refractivity contribution in [3.63, 3.8) is 0 Å². The molecule has 0 bridgehead atoms. The first-order valence-electron chi connectivity index (χ1n) is 9.52. The lowest BCUT2D eigenvalue weighted by Crippen LogP contribution is -2.51. The second kappa shape index (κ2) is 7.42. The molecule has 0 unspecified atom stereocenters. The predicted octanol–water partition coefficient (Wildman–Crippen LogP) is 1.81. The van der Waals surface area contributed by atoms with Gasteiger partial charge < -0.3 is 20.0 Å². The minimum atomic E-state index is -0.00322. The number of nitrogens with zero attached hydrogens (tertiary/aromatic N) is 5. The van der Waals surface area contributed by atoms with Gasteiger partial charge in [-0.2, -0.15) is 0 Å². The fraction of sp³-hybridized carbons (Fsp3) is 0.450. The summed E-state index contributed by atoms with van der Waals surface area (Å²) in [7, 11) is 0. The summed E-state index contributed by atoms with van der Waals surface area (Å²) in [5.74, 6) is 1.93. The number of urea groups is 1. The molecule has 1 fully saturated rings. The number of hydrogen-bond donors (Lipinski definition) is 1. The molecule has 1 aromatic carbocycles. The number of carbonyl (C=O) groups is 1. The number of benzene rings is 1. The number of piperazine rings is 1. The van der Waals surface area contributed by atoms with Gasteiger partial charge in [-0.05, 0) is 19.4 Å². The molecule has 4 rings (SSSR count). The third-order valence-corrected chi connectivity index (χ3v) is 5.28. The van der Waals surface area contributed by atoms with E-state index in [1.54, 1.807) is 0 Å². The third kappa shape index (κ3) is 3.82. The first-order chi connectivity index (χ1) is 13.1. The van der Waals surface area contributed by atoms with Gasteiger partial charge in [-0.3, -0.25) is 4.99 Å². The normalized spacial score (nSPS) is 21.7. The van der Waals surface area contributed by atoms with Gasteiger partial charge in [0.1, 0.15) is 11.7 Å². The van der Waals surface area contributed by atoms with Crippen LogP contribution in [0.15, 0.2) is 46.1 Å². The van der Waals surface area contributed by atoms with Gasteiger partial charge in [0.15, 0.2) is 0 Å². The van der Waals surface area contributed by atoms with Gasteiger partial charge in [0, 0.05) is 38.8 Å². The molecule has 27 heavy (non-hydrogen) atoms. The lowest BCUT2D eigenvalue weighted by molar-refractivity contribution is 0.156. The highest BCUT2D eigenvalue weighted by molar-refractivity contribution is 6.03. The number of carbonyl (C=O) groups excluding carboxylic acids is 1. The Kier molecular flexibility index (Phi) is 4.83. The Balaban J connectivity index is 1.27. The van der Waals surface area contributed by atoms with E-state index in [9.17, 15) is 4.79 Å². The number of amides is 2. The zero-order valence-electron chi connectivity index (χ0n) is 15.9. The van der Waals surface area contributed by atoms with Crippen molar-refractivity contribution < 1.29 is 4.79 Å². The van der Waals surface area contributed by atoms with Crippen LogP contribution in [0.25, 0.3) is 0 Å². The lowest BCUT2D eigenvalue weighted by atomic mass is 10.1. The zero-order chi connectivity index (χ0) is 18.8. The van der Waals surface area contributed by atoms with E-state index < -0.39 is 0 Å². The fourth-order valence-corrected chi connectivity index (χ4v) is 3.50. The van der Waals surface area contributed by atoms with Crippen molar-refractivity contribution >= 4 is 18.2 Å². The van der Waals surface area contributed by atoms with E-state index in [2.05, 4.69) is 69.3 Å². The molecule has 1 N–H and O–H groups in total. The number of rotatable bonds is 3. The molecule has 142 valence electrons. The molecule has 0 radical (unpaired) electrons. The zero-order valence-corrected chi connectivity index (χ0v) is 15.9. The maximum absolute atomic E-state index is 12.4. The highest BCUT2D eigenvalue weighted by atomic mass is 16.2. The second-order valence-electron chi connectivity index (χ2n) is 7.32. The van der Waals surface area contributed by atoms with Crippen LogP contribution in [0, 0.1) is 6.92 Å². The van der Waals surface area contributed by atoms with Crippen LogP contribution in [0.5, 0.6) is 0 Å². The molecule has 2 amide bonds. The number of nitrogens with one attached hydrogen (secondary N) is 1. The third-order valence-electron chi connectivity index (χ3n) is 5.28. The smallest absolute Gasteiger partial charge is 0.317 e. The van der Waals surface area contributed by atoms with Crippen LogP contribution in [-0.4, -0.2) is 71.7 Å². The first-order valence-corrected chi connectivity index (χ1v) is 9.52. The standard InChI is InChI=1S/C20H26N6O/c1-15-3-5-17(6-4-15)13-22-20(27)25-9-7-24(8-10-25)18-11-19-21-12-16(2)26(19)14-23-18/h3-6,11,14,16H,7-10,12-13H2,1-2H3,(H,22,27)/t16-/m1/s1. The van der Waals surface area contributed by atoms with E-state index in [4.69, 9.17) is 0 Å². The minimum absolute atomic E-state index is 0.00322. The van der Waals surface area contributed by atoms with Crippen LogP contribution >= 0.6 is 0 Å². The van der Waals surface area contributed by atoms with Crippen molar-refractivity contribution in [3.05, 3.63) is 47.3 Å². The van der Waals surface area contributed by atoms with Crippen molar-refractivity contribution in [2.45, 2.75) is 26.4 Å². The maximum atomic E-state index is 12.4. The minimum Gasteiger partial charge on any atom is -0.353 e. The number of fused-ring (bicyclic) bond motifs is 1. The SMILES string of the molecule is Cc1ccc(CNC(=O)N2CCN(C3=CC4=NC[C@@H](C)N4C=N3)CC2)cc1. The van der Waals surface area contributed by atoms with Crippen molar-refractivity contribution in [1.29, 1.82) is 0 Å². The Hall–Kier alpha value is -2.83. The molecule has 7 nitrogen and oxygen atoms in total. The van der Waals surface area contributed by atoms with Gasteiger partial charge in [0.2, 0.25) is 0 Å². The topological polar surface area (TPSA) is 63.5 Å². The summed E-state index contributed by atoms with van der Waals surface area (Å²) >= 11 is 0. The van der Waals surface area contributed by atoms with Gasteiger partial charge in [-0.15, -0.1) is 0 Å². The monoisotopic (exact) mass is 366 g/mol. The Morgan fingerprint density at radius 1 is 1.19 bits per heavy atom. The second-order valence-corrected chi connectivity index (χ2v) is 7.32. The fourth-order valence-electron chi connectivity index (χ4n) is 3.50. The number of aryl methyl sites for hydroxylation is 1. The summed E-state index contributed by atoms with van der Waals surface area (Å²) in [5, 5.41) is 3.02. The Morgan fingerprint density at radius 3 is 2.67 bits per heavy atom. The van der Waals surface area contributed by atoms with E-state index in [-0.39, 0.29) is 6.03 Å². The molecule has 1 aromatic rings. The Bertz CT molecular complexity index is 789. The van der Waals surface area contributed by atoms with Gasteiger partial charge in [0.05, 0.1) is 18.9 Å². The molecule has 3 aliphatic rings. The largest absolute Gasteiger partial charge is 0.353 e. The van der Waals surface area contributed by atoms with E-state index >= 15 is 0 Å². The van der Waals surface area contributed by atoms with Crippen LogP contribution in [0.1, 0.15) is 18.1 Å². The molecule has 0 saturated carbocycles. The lowest BCUT2D eigenvalue weighted by Gasteiger charge is -2.37. The Labute approximate surface area is 160 Å². The van der Waals surface area contributed by atoms with Crippen LogP contribution in [-0.2, 0) is 6.54 Å². The number of hydrogen-bond acceptors (Lipinski definition) is 5. The van der Waals surface area contributed by atoms with E-state index in [0.717, 1.165) is 36.9 Å². The van der Waals surface area contributed by atoms with Gasteiger partial charge in [-0.25, -0.2) is 9.79 Å². The average molecular weight is 366 g/mol. The quantitative estimate of drug-likeness (QED) is 0.887. The van der Waals surface area contributed by atoms with Gasteiger partial charge in [-0.1, -0.05) is 29.8 Å². The summed E-state index contributed by atoms with van der Waals surface area (Å²) < 4.78 is 0. The molecular formula is C20H26N6O. The molecule has 0 aliphatic carbocycles. The summed E-state index contributed by atoms with van der Waals surface area (Å²) in [5.41, 5.74) is 2.34. The molecule has 0 aromatic heterocycles. The molecular weight excluding hydrogens is 340 g/mol. The molecule has 1 saturated heterocycles. The van der Waals surface area contributed by atoms with E-state index in [0.29, 0.717) is 25.7 Å². The Morgan fingerprint density at radius 2 is 1.93 bits per heavy atom. The van der Waals surface area contributed by atoms with Crippen LogP contribution < -0.4 is 5.32 Å². The molecule has 3 aliphatic heterocycles. The van der Waals surface area contributed by atoms with Crippen molar-refractivity contribution in [1.82, 2.24) is 20.0 Å². The number of aliphatic imine (C=N–C) groups is 2. The van der Waals surface area contributed by atoms with Crippen molar-refractivity contribution in [3.8, 4) is 0 Å². The summed E-state index contributed by atoms with van der Waals surface area (Å²) in [6.45, 7) is 8.54. The van der Waals surface area contributed by atoms with Crippen LogP contribution in [0.3, 0.4) is 0 Å². The van der Waals surface area contributed by atoms with Crippen LogP contribution in [0.2, 0.25) is 0 Å².